The van der Waals surface area contributed by atoms with Crippen LogP contribution in [0.15, 0.2) is 24.3 Å². The number of nitrogens with one attached hydrogen (secondary N) is 2. The van der Waals surface area contributed by atoms with Gasteiger partial charge in [-0.25, -0.2) is 4.79 Å². The van der Waals surface area contributed by atoms with Gasteiger partial charge in [0.15, 0.2) is 6.61 Å². The number of carboxylic acid groups (broad SMARTS) is 1. The van der Waals surface area contributed by atoms with Gasteiger partial charge in [-0.1, -0.05) is 0 Å². The van der Waals surface area contributed by atoms with Crippen LogP contribution in [-0.2, 0) is 9.59 Å². The molecule has 0 radical (unpaired) electrons. The van der Waals surface area contributed by atoms with Crippen molar-refractivity contribution in [3.05, 3.63) is 24.3 Å². The van der Waals surface area contributed by atoms with E-state index in [-0.39, 0.29) is 18.4 Å². The molecule has 6 heteroatoms. The van der Waals surface area contributed by atoms with E-state index in [0.717, 1.165) is 25.9 Å². The van der Waals surface area contributed by atoms with E-state index in [2.05, 4.69) is 10.6 Å². The molecule has 2 rings (SSSR count). The number of aliphatic carboxylic acids is 1. The van der Waals surface area contributed by atoms with Crippen molar-refractivity contribution < 1.29 is 19.4 Å². The van der Waals surface area contributed by atoms with Crippen molar-refractivity contribution in [3.8, 4) is 5.75 Å². The third kappa shape index (κ3) is 4.24. The molecule has 1 aliphatic heterocycles. The number of amides is 1. The largest absolute Gasteiger partial charge is 0.482 e. The Balaban J connectivity index is 1.86. The number of carbonyl (C=O) groups excluding carboxylic acids is 1. The van der Waals surface area contributed by atoms with Crippen molar-refractivity contribution in [2.24, 2.45) is 5.92 Å². The lowest BCUT2D eigenvalue weighted by Crippen LogP contribution is -2.34. The third-order valence-corrected chi connectivity index (χ3v) is 3.19. The summed E-state index contributed by atoms with van der Waals surface area (Å²) < 4.78 is 5.02. The lowest BCUT2D eigenvalue weighted by molar-refractivity contribution is -0.139. The zero-order valence-corrected chi connectivity index (χ0v) is 11.1. The highest BCUT2D eigenvalue weighted by atomic mass is 16.5. The molecule has 1 aromatic rings. The Kier molecular flexibility index (Phi) is 4.95. The molecule has 0 unspecified atom stereocenters. The van der Waals surface area contributed by atoms with Crippen LogP contribution < -0.4 is 15.4 Å². The maximum atomic E-state index is 12.0. The molecule has 108 valence electrons. The average molecular weight is 278 g/mol. The van der Waals surface area contributed by atoms with E-state index in [1.165, 1.54) is 0 Å². The molecule has 0 aliphatic carbocycles. The van der Waals surface area contributed by atoms with Gasteiger partial charge in [0.05, 0.1) is 0 Å². The predicted molar refractivity (Wildman–Crippen MR) is 73.8 cm³/mol. The Morgan fingerprint density at radius 3 is 2.50 bits per heavy atom. The van der Waals surface area contributed by atoms with Crippen molar-refractivity contribution in [1.29, 1.82) is 0 Å². The van der Waals surface area contributed by atoms with Gasteiger partial charge in [0.25, 0.3) is 0 Å². The Bertz CT molecular complexity index is 467. The predicted octanol–water partition coefficient (Wildman–Crippen LogP) is 1.09. The maximum absolute atomic E-state index is 12.0. The summed E-state index contributed by atoms with van der Waals surface area (Å²) in [5.41, 5.74) is 0.691. The Morgan fingerprint density at radius 1 is 1.25 bits per heavy atom. The van der Waals surface area contributed by atoms with E-state index in [1.807, 2.05) is 0 Å². The first-order valence-electron chi connectivity index (χ1n) is 6.61. The van der Waals surface area contributed by atoms with Crippen molar-refractivity contribution in [3.63, 3.8) is 0 Å². The van der Waals surface area contributed by atoms with Crippen LogP contribution in [0.25, 0.3) is 0 Å². The van der Waals surface area contributed by atoms with Crippen LogP contribution in [0.2, 0.25) is 0 Å². The lowest BCUT2D eigenvalue weighted by Gasteiger charge is -2.21. The van der Waals surface area contributed by atoms with Gasteiger partial charge in [0.2, 0.25) is 5.91 Å². The smallest absolute Gasteiger partial charge is 0.341 e. The molecular formula is C14H18N2O4. The number of hydrogen-bond acceptors (Lipinski definition) is 4. The third-order valence-electron chi connectivity index (χ3n) is 3.19. The van der Waals surface area contributed by atoms with Crippen LogP contribution in [0.1, 0.15) is 12.8 Å². The number of hydrogen-bond donors (Lipinski definition) is 3. The van der Waals surface area contributed by atoms with E-state index in [4.69, 9.17) is 9.84 Å². The van der Waals surface area contributed by atoms with E-state index in [0.29, 0.717) is 11.4 Å². The number of rotatable bonds is 5. The first-order valence-corrected chi connectivity index (χ1v) is 6.61. The summed E-state index contributed by atoms with van der Waals surface area (Å²) in [6.45, 7) is 1.38. The highest BCUT2D eigenvalue weighted by Gasteiger charge is 2.20. The normalized spacial score (nSPS) is 15.6. The van der Waals surface area contributed by atoms with Crippen molar-refractivity contribution >= 4 is 17.6 Å². The van der Waals surface area contributed by atoms with Crippen LogP contribution >= 0.6 is 0 Å². The fourth-order valence-electron chi connectivity index (χ4n) is 2.11. The average Bonchev–Trinajstić information content (AvgIpc) is 2.47. The standard InChI is InChI=1S/C14H18N2O4/c17-13(18)9-20-12-3-1-11(2-4-12)16-14(19)10-5-7-15-8-6-10/h1-4,10,15H,5-9H2,(H,16,19)(H,17,18). The van der Waals surface area contributed by atoms with Crippen LogP contribution in [0, 0.1) is 5.92 Å². The Morgan fingerprint density at radius 2 is 1.90 bits per heavy atom. The van der Waals surface area contributed by atoms with Gasteiger partial charge in [-0.15, -0.1) is 0 Å². The minimum atomic E-state index is -1.02. The van der Waals surface area contributed by atoms with E-state index >= 15 is 0 Å². The number of benzene rings is 1. The van der Waals surface area contributed by atoms with E-state index in [1.54, 1.807) is 24.3 Å². The summed E-state index contributed by atoms with van der Waals surface area (Å²) in [6.07, 6.45) is 1.71. The number of carbonyl (C=O) groups is 2. The molecule has 6 nitrogen and oxygen atoms in total. The molecule has 1 fully saturated rings. The summed E-state index contributed by atoms with van der Waals surface area (Å²) >= 11 is 0. The summed E-state index contributed by atoms with van der Waals surface area (Å²) in [7, 11) is 0. The summed E-state index contributed by atoms with van der Waals surface area (Å²) in [4.78, 5) is 22.4. The zero-order valence-electron chi connectivity index (χ0n) is 11.1. The summed E-state index contributed by atoms with van der Waals surface area (Å²) in [5.74, 6) is -0.467. The first kappa shape index (κ1) is 14.3. The fourth-order valence-corrected chi connectivity index (χ4v) is 2.11. The molecule has 1 amide bonds. The monoisotopic (exact) mass is 278 g/mol. The molecule has 0 spiro atoms. The van der Waals surface area contributed by atoms with Gasteiger partial charge in [0.1, 0.15) is 5.75 Å². The van der Waals surface area contributed by atoms with E-state index in [9.17, 15) is 9.59 Å². The second kappa shape index (κ2) is 6.91. The van der Waals surface area contributed by atoms with Crippen LogP contribution in [-0.4, -0.2) is 36.7 Å². The Hall–Kier alpha value is -2.08. The van der Waals surface area contributed by atoms with Crippen molar-refractivity contribution in [2.75, 3.05) is 25.0 Å². The van der Waals surface area contributed by atoms with Gasteiger partial charge >= 0.3 is 5.97 Å². The molecule has 1 aromatic carbocycles. The number of piperidine rings is 1. The second-order valence-electron chi connectivity index (χ2n) is 4.72. The highest BCUT2D eigenvalue weighted by Crippen LogP contribution is 2.18. The van der Waals surface area contributed by atoms with Gasteiger partial charge in [-0.3, -0.25) is 4.79 Å². The minimum absolute atomic E-state index is 0.0331. The molecule has 0 aromatic heterocycles. The molecule has 3 N–H and O–H groups in total. The van der Waals surface area contributed by atoms with Crippen LogP contribution in [0.5, 0.6) is 5.75 Å². The molecule has 0 saturated carbocycles. The number of carboxylic acids is 1. The fraction of sp³-hybridized carbons (Fsp3) is 0.429. The highest BCUT2D eigenvalue weighted by molar-refractivity contribution is 5.92. The van der Waals surface area contributed by atoms with Crippen molar-refractivity contribution in [2.45, 2.75) is 12.8 Å². The van der Waals surface area contributed by atoms with Gasteiger partial charge < -0.3 is 20.5 Å². The Labute approximate surface area is 117 Å². The van der Waals surface area contributed by atoms with Gasteiger partial charge in [-0.05, 0) is 50.2 Å². The van der Waals surface area contributed by atoms with Crippen LogP contribution in [0.4, 0.5) is 5.69 Å². The molecule has 1 heterocycles. The lowest BCUT2D eigenvalue weighted by atomic mass is 9.97. The molecule has 1 saturated heterocycles. The first-order chi connectivity index (χ1) is 9.65. The summed E-state index contributed by atoms with van der Waals surface area (Å²) in [6, 6.07) is 6.69. The van der Waals surface area contributed by atoms with E-state index < -0.39 is 5.97 Å². The molecule has 0 atom stereocenters. The van der Waals surface area contributed by atoms with Crippen LogP contribution in [0.3, 0.4) is 0 Å². The van der Waals surface area contributed by atoms with Gasteiger partial charge in [-0.2, -0.15) is 0 Å². The SMILES string of the molecule is O=C(O)COc1ccc(NC(=O)C2CCNCC2)cc1. The second-order valence-corrected chi connectivity index (χ2v) is 4.72. The summed E-state index contributed by atoms with van der Waals surface area (Å²) in [5, 5.41) is 14.6. The topological polar surface area (TPSA) is 87.7 Å². The molecule has 0 bridgehead atoms. The maximum Gasteiger partial charge on any atom is 0.341 e. The molecule has 20 heavy (non-hydrogen) atoms. The molecule has 1 aliphatic rings. The zero-order chi connectivity index (χ0) is 14.4. The number of ether oxygens (including phenoxy) is 1. The molecular weight excluding hydrogens is 260 g/mol. The van der Waals surface area contributed by atoms with Crippen molar-refractivity contribution in [1.82, 2.24) is 5.32 Å². The number of anilines is 1. The van der Waals surface area contributed by atoms with Gasteiger partial charge in [0, 0.05) is 11.6 Å². The minimum Gasteiger partial charge on any atom is -0.482 e. The quantitative estimate of drug-likeness (QED) is 0.750.